The molecule has 0 spiro atoms. The summed E-state index contributed by atoms with van der Waals surface area (Å²) in [5.41, 5.74) is 3.95. The number of benzene rings is 3. The van der Waals surface area contributed by atoms with Gasteiger partial charge in [0.1, 0.15) is 11.5 Å². The Bertz CT molecular complexity index is 1310. The summed E-state index contributed by atoms with van der Waals surface area (Å²) in [6, 6.07) is 16.5. The van der Waals surface area contributed by atoms with Crippen LogP contribution in [0.15, 0.2) is 69.0 Å². The molecule has 34 heavy (non-hydrogen) atoms. The lowest BCUT2D eigenvalue weighted by molar-refractivity contribution is 0.409. The van der Waals surface area contributed by atoms with E-state index in [4.69, 9.17) is 4.74 Å². The van der Waals surface area contributed by atoms with Crippen molar-refractivity contribution in [2.75, 3.05) is 18.4 Å². The van der Waals surface area contributed by atoms with Crippen LogP contribution in [0.3, 0.4) is 0 Å². The first-order valence-corrected chi connectivity index (χ1v) is 13.8. The number of sulfonamides is 1. The van der Waals surface area contributed by atoms with Gasteiger partial charge in [-0.25, -0.2) is 8.42 Å². The van der Waals surface area contributed by atoms with Crippen LogP contribution in [0.5, 0.6) is 11.5 Å². The number of hydrogen-bond acceptors (Lipinski definition) is 5. The average molecular weight is 608 g/mol. The van der Waals surface area contributed by atoms with Gasteiger partial charge in [0.2, 0.25) is 0 Å². The zero-order valence-corrected chi connectivity index (χ0v) is 22.4. The Morgan fingerprint density at radius 1 is 1.15 bits per heavy atom. The first kappa shape index (κ1) is 24.8. The molecular weight excluding hydrogens is 584 g/mol. The predicted molar refractivity (Wildman–Crippen MR) is 143 cm³/mol. The van der Waals surface area contributed by atoms with E-state index in [0.717, 1.165) is 55.3 Å². The summed E-state index contributed by atoms with van der Waals surface area (Å²) in [6.07, 6.45) is 2.94. The van der Waals surface area contributed by atoms with Gasteiger partial charge in [0.15, 0.2) is 0 Å². The van der Waals surface area contributed by atoms with Gasteiger partial charge in [0.25, 0.3) is 10.0 Å². The van der Waals surface area contributed by atoms with E-state index in [1.165, 1.54) is 6.08 Å². The lowest BCUT2D eigenvalue weighted by Gasteiger charge is -2.28. The molecule has 1 unspecified atom stereocenters. The normalized spacial score (nSPS) is 15.8. The van der Waals surface area contributed by atoms with Crippen molar-refractivity contribution in [3.63, 3.8) is 0 Å². The van der Waals surface area contributed by atoms with Crippen LogP contribution >= 0.6 is 31.9 Å². The van der Waals surface area contributed by atoms with Crippen molar-refractivity contribution in [1.29, 1.82) is 0 Å². The van der Waals surface area contributed by atoms with Crippen molar-refractivity contribution in [2.24, 2.45) is 0 Å². The SMILES string of the molecule is COc1c(Br)cc(CC2NCCc3cc(O)c(NS(=O)(=O)C=Cc4ccccc4)cc32)cc1Br. The highest BCUT2D eigenvalue weighted by molar-refractivity contribution is 9.11. The number of hydrogen-bond donors (Lipinski definition) is 3. The molecule has 6 nitrogen and oxygen atoms in total. The van der Waals surface area contributed by atoms with E-state index in [-0.39, 0.29) is 17.5 Å². The minimum Gasteiger partial charge on any atom is -0.506 e. The zero-order valence-electron chi connectivity index (χ0n) is 18.4. The predicted octanol–water partition coefficient (Wildman–Crippen LogP) is 5.77. The molecule has 0 saturated heterocycles. The van der Waals surface area contributed by atoms with E-state index >= 15 is 0 Å². The summed E-state index contributed by atoms with van der Waals surface area (Å²) in [5, 5.41) is 15.1. The minimum absolute atomic E-state index is 0.0420. The van der Waals surface area contributed by atoms with Crippen LogP contribution < -0.4 is 14.8 Å². The molecule has 9 heteroatoms. The van der Waals surface area contributed by atoms with Crippen molar-refractivity contribution in [3.05, 3.63) is 91.2 Å². The largest absolute Gasteiger partial charge is 0.506 e. The highest BCUT2D eigenvalue weighted by Crippen LogP contribution is 2.38. The molecule has 0 aliphatic carbocycles. The van der Waals surface area contributed by atoms with E-state index in [1.54, 1.807) is 19.2 Å². The van der Waals surface area contributed by atoms with Crippen molar-refractivity contribution < 1.29 is 18.3 Å². The van der Waals surface area contributed by atoms with Gasteiger partial charge in [-0.1, -0.05) is 30.3 Å². The molecule has 1 heterocycles. The Balaban J connectivity index is 1.60. The number of rotatable bonds is 7. The number of ether oxygens (including phenoxy) is 1. The average Bonchev–Trinajstić information content (AvgIpc) is 2.79. The number of anilines is 1. The standard InChI is InChI=1S/C25H24Br2N2O4S/c1-33-25-20(26)11-17(12-21(25)27)13-22-19-15-23(24(30)14-18(19)7-9-28-22)29-34(31,32)10-8-16-5-3-2-4-6-16/h2-6,8,10-12,14-15,22,28-30H,7,9,13H2,1H3. The molecule has 3 N–H and O–H groups in total. The van der Waals surface area contributed by atoms with Crippen molar-refractivity contribution >= 4 is 53.6 Å². The number of nitrogens with one attached hydrogen (secondary N) is 2. The van der Waals surface area contributed by atoms with E-state index in [0.29, 0.717) is 6.42 Å². The van der Waals surface area contributed by atoms with Crippen LogP contribution in [0, 0.1) is 0 Å². The number of aromatic hydroxyl groups is 1. The number of methoxy groups -OCH3 is 1. The molecule has 3 aromatic rings. The molecule has 0 saturated carbocycles. The molecule has 178 valence electrons. The summed E-state index contributed by atoms with van der Waals surface area (Å²) >= 11 is 7.10. The molecule has 4 rings (SSSR count). The van der Waals surface area contributed by atoms with Gasteiger partial charge >= 0.3 is 0 Å². The van der Waals surface area contributed by atoms with Gasteiger partial charge in [-0.05, 0) is 104 Å². The molecule has 1 atom stereocenters. The van der Waals surface area contributed by atoms with Crippen LogP contribution in [0.1, 0.15) is 28.3 Å². The smallest absolute Gasteiger partial charge is 0.255 e. The maximum atomic E-state index is 12.7. The topological polar surface area (TPSA) is 87.7 Å². The molecule has 3 aromatic carbocycles. The third-order valence-electron chi connectivity index (χ3n) is 5.61. The number of fused-ring (bicyclic) bond motifs is 1. The quantitative estimate of drug-likeness (QED) is 0.297. The van der Waals surface area contributed by atoms with Gasteiger partial charge in [0.05, 0.1) is 27.2 Å². The maximum Gasteiger partial charge on any atom is 0.255 e. The Hall–Kier alpha value is -2.33. The fourth-order valence-electron chi connectivity index (χ4n) is 4.02. The number of phenols is 1. The van der Waals surface area contributed by atoms with Crippen LogP contribution in [0.4, 0.5) is 5.69 Å². The molecule has 0 amide bonds. The summed E-state index contributed by atoms with van der Waals surface area (Å²) in [6.45, 7) is 0.764. The van der Waals surface area contributed by atoms with Crippen molar-refractivity contribution in [1.82, 2.24) is 5.32 Å². The number of phenolic OH excluding ortho intramolecular Hbond substituents is 1. The highest BCUT2D eigenvalue weighted by Gasteiger charge is 2.24. The molecule has 1 aliphatic rings. The van der Waals surface area contributed by atoms with Crippen LogP contribution in [0.2, 0.25) is 0 Å². The minimum atomic E-state index is -3.81. The van der Waals surface area contributed by atoms with E-state index in [2.05, 4.69) is 41.9 Å². The second-order valence-electron chi connectivity index (χ2n) is 7.98. The molecular formula is C25H24Br2N2O4S. The van der Waals surface area contributed by atoms with E-state index < -0.39 is 10.0 Å². The molecule has 1 aliphatic heterocycles. The van der Waals surface area contributed by atoms with Gasteiger partial charge in [-0.2, -0.15) is 0 Å². The second-order valence-corrected chi connectivity index (χ2v) is 11.3. The zero-order chi connectivity index (χ0) is 24.3. The van der Waals surface area contributed by atoms with Gasteiger partial charge < -0.3 is 15.2 Å². The van der Waals surface area contributed by atoms with Gasteiger partial charge in [-0.15, -0.1) is 0 Å². The fraction of sp³-hybridized carbons (Fsp3) is 0.200. The molecule has 0 fully saturated rings. The Morgan fingerprint density at radius 3 is 2.53 bits per heavy atom. The fourth-order valence-corrected chi connectivity index (χ4v) is 6.50. The Labute approximate surface area is 216 Å². The Kier molecular flexibility index (Phi) is 7.67. The molecule has 0 bridgehead atoms. The highest BCUT2D eigenvalue weighted by atomic mass is 79.9. The second kappa shape index (κ2) is 10.5. The van der Waals surface area contributed by atoms with Crippen molar-refractivity contribution in [3.8, 4) is 11.5 Å². The van der Waals surface area contributed by atoms with E-state index in [9.17, 15) is 13.5 Å². The van der Waals surface area contributed by atoms with Crippen molar-refractivity contribution in [2.45, 2.75) is 18.9 Å². The monoisotopic (exact) mass is 606 g/mol. The first-order chi connectivity index (χ1) is 16.3. The lowest BCUT2D eigenvalue weighted by Crippen LogP contribution is -2.31. The molecule has 0 aromatic heterocycles. The lowest BCUT2D eigenvalue weighted by atomic mass is 9.89. The van der Waals surface area contributed by atoms with Gasteiger partial charge in [-0.3, -0.25) is 4.72 Å². The van der Waals surface area contributed by atoms with Crippen LogP contribution in [0.25, 0.3) is 6.08 Å². The third-order valence-corrected chi connectivity index (χ3v) is 7.79. The van der Waals surface area contributed by atoms with Crippen LogP contribution in [-0.2, 0) is 22.9 Å². The van der Waals surface area contributed by atoms with E-state index in [1.807, 2.05) is 42.5 Å². The summed E-state index contributed by atoms with van der Waals surface area (Å²) in [5.74, 6) is 0.636. The maximum absolute atomic E-state index is 12.7. The Morgan fingerprint density at radius 2 is 1.85 bits per heavy atom. The summed E-state index contributed by atoms with van der Waals surface area (Å²) in [4.78, 5) is 0. The summed E-state index contributed by atoms with van der Waals surface area (Å²) < 4.78 is 34.9. The number of halogens is 2. The van der Waals surface area contributed by atoms with Crippen LogP contribution in [-0.4, -0.2) is 27.2 Å². The first-order valence-electron chi connectivity index (χ1n) is 10.6. The van der Waals surface area contributed by atoms with Gasteiger partial charge in [0, 0.05) is 6.04 Å². The molecule has 0 radical (unpaired) electrons. The third kappa shape index (κ3) is 5.83. The summed E-state index contributed by atoms with van der Waals surface area (Å²) in [7, 11) is -2.20.